The van der Waals surface area contributed by atoms with Gasteiger partial charge in [-0.3, -0.25) is 19.6 Å². The zero-order valence-electron chi connectivity index (χ0n) is 19.4. The second-order valence-corrected chi connectivity index (χ2v) is 9.26. The van der Waals surface area contributed by atoms with Gasteiger partial charge in [0.25, 0.3) is 0 Å². The Morgan fingerprint density at radius 1 is 0.800 bits per heavy atom. The SMILES string of the molecule is CC(=O)OCc1cc(C)cc2cc(Cl)cnc12.CC(=O)OCc1cc(CBr)cc2cc(Cl)cnc12. The zero-order valence-corrected chi connectivity index (χ0v) is 22.5. The van der Waals surface area contributed by atoms with Crippen LogP contribution in [0.25, 0.3) is 21.8 Å². The fraction of sp³-hybridized carbons (Fsp3) is 0.231. The van der Waals surface area contributed by atoms with Crippen molar-refractivity contribution in [3.63, 3.8) is 0 Å². The van der Waals surface area contributed by atoms with E-state index in [1.807, 2.05) is 43.3 Å². The van der Waals surface area contributed by atoms with E-state index in [2.05, 4.69) is 25.9 Å². The molecule has 0 saturated heterocycles. The molecule has 2 aromatic carbocycles. The highest BCUT2D eigenvalue weighted by Gasteiger charge is 2.08. The summed E-state index contributed by atoms with van der Waals surface area (Å²) in [4.78, 5) is 30.3. The molecule has 0 fully saturated rings. The Kier molecular flexibility index (Phi) is 9.43. The summed E-state index contributed by atoms with van der Waals surface area (Å²) >= 11 is 15.3. The molecule has 0 N–H and O–H groups in total. The van der Waals surface area contributed by atoms with Crippen molar-refractivity contribution in [2.45, 2.75) is 39.3 Å². The maximum atomic E-state index is 10.9. The van der Waals surface area contributed by atoms with Gasteiger partial charge in [0.2, 0.25) is 0 Å². The van der Waals surface area contributed by atoms with E-state index >= 15 is 0 Å². The maximum Gasteiger partial charge on any atom is 0.302 e. The molecule has 182 valence electrons. The van der Waals surface area contributed by atoms with E-state index in [1.54, 1.807) is 12.4 Å². The molecule has 4 rings (SSSR count). The number of rotatable bonds is 5. The summed E-state index contributed by atoms with van der Waals surface area (Å²) in [6.07, 6.45) is 3.19. The molecule has 9 heteroatoms. The van der Waals surface area contributed by atoms with Crippen molar-refractivity contribution in [2.75, 3.05) is 0 Å². The molecule has 4 aromatic rings. The van der Waals surface area contributed by atoms with Gasteiger partial charge >= 0.3 is 11.9 Å². The van der Waals surface area contributed by atoms with Crippen LogP contribution in [0.1, 0.15) is 36.1 Å². The lowest BCUT2D eigenvalue weighted by molar-refractivity contribution is -0.143. The molecule has 6 nitrogen and oxygen atoms in total. The number of alkyl halides is 1. The lowest BCUT2D eigenvalue weighted by Crippen LogP contribution is -2.01. The topological polar surface area (TPSA) is 78.4 Å². The zero-order chi connectivity index (χ0) is 25.5. The first-order valence-corrected chi connectivity index (χ1v) is 12.5. The van der Waals surface area contributed by atoms with Crippen molar-refractivity contribution in [3.05, 3.63) is 81.1 Å². The minimum atomic E-state index is -0.304. The summed E-state index contributed by atoms with van der Waals surface area (Å²) in [7, 11) is 0. The largest absolute Gasteiger partial charge is 0.461 e. The predicted molar refractivity (Wildman–Crippen MR) is 142 cm³/mol. The Labute approximate surface area is 221 Å². The number of ether oxygens (including phenoxy) is 2. The molecule has 2 aromatic heterocycles. The van der Waals surface area contributed by atoms with Gasteiger partial charge in [-0.15, -0.1) is 0 Å². The highest BCUT2D eigenvalue weighted by atomic mass is 79.9. The molecule has 0 saturated carbocycles. The van der Waals surface area contributed by atoms with Crippen molar-refractivity contribution in [1.82, 2.24) is 9.97 Å². The number of carbonyl (C=O) groups excluding carboxylic acids is 2. The summed E-state index contributed by atoms with van der Waals surface area (Å²) in [5.74, 6) is -0.602. The van der Waals surface area contributed by atoms with E-state index in [-0.39, 0.29) is 25.2 Å². The average Bonchev–Trinajstić information content (AvgIpc) is 2.80. The second kappa shape index (κ2) is 12.3. The van der Waals surface area contributed by atoms with E-state index in [9.17, 15) is 9.59 Å². The molecule has 0 bridgehead atoms. The van der Waals surface area contributed by atoms with Gasteiger partial charge in [0.05, 0.1) is 21.1 Å². The van der Waals surface area contributed by atoms with Crippen LogP contribution in [0.5, 0.6) is 0 Å². The van der Waals surface area contributed by atoms with Crippen LogP contribution in [0.15, 0.2) is 48.8 Å². The third-order valence-corrected chi connectivity index (χ3v) is 5.94. The number of nitrogens with zero attached hydrogens (tertiary/aromatic N) is 2. The smallest absolute Gasteiger partial charge is 0.302 e. The summed E-state index contributed by atoms with van der Waals surface area (Å²) in [6, 6.07) is 11.7. The molecular weight excluding hydrogens is 555 g/mol. The highest BCUT2D eigenvalue weighted by molar-refractivity contribution is 9.08. The normalized spacial score (nSPS) is 10.6. The average molecular weight is 578 g/mol. The first kappa shape index (κ1) is 26.9. The second-order valence-electron chi connectivity index (χ2n) is 7.82. The van der Waals surface area contributed by atoms with Crippen LogP contribution < -0.4 is 0 Å². The number of carbonyl (C=O) groups is 2. The molecule has 0 atom stereocenters. The van der Waals surface area contributed by atoms with Gasteiger partial charge in [0.1, 0.15) is 13.2 Å². The Balaban J connectivity index is 0.000000196. The number of halogens is 3. The third kappa shape index (κ3) is 7.62. The van der Waals surface area contributed by atoms with Crippen LogP contribution in [-0.4, -0.2) is 21.9 Å². The number of pyridine rings is 2. The minimum Gasteiger partial charge on any atom is -0.461 e. The number of esters is 2. The fourth-order valence-corrected chi connectivity index (χ4v) is 4.14. The number of fused-ring (bicyclic) bond motifs is 2. The van der Waals surface area contributed by atoms with Crippen molar-refractivity contribution < 1.29 is 19.1 Å². The number of benzene rings is 2. The van der Waals surface area contributed by atoms with Crippen LogP contribution in [0.3, 0.4) is 0 Å². The molecule has 2 heterocycles. The molecule has 0 aliphatic heterocycles. The summed E-state index contributed by atoms with van der Waals surface area (Å²) in [5.41, 5.74) is 5.59. The van der Waals surface area contributed by atoms with Gasteiger partial charge in [-0.05, 0) is 48.4 Å². The van der Waals surface area contributed by atoms with Gasteiger partial charge in [-0.2, -0.15) is 0 Å². The number of aryl methyl sites for hydroxylation is 1. The molecule has 0 unspecified atom stereocenters. The predicted octanol–water partition coefficient (Wildman–Crippen LogP) is 7.11. The Morgan fingerprint density at radius 2 is 1.29 bits per heavy atom. The van der Waals surface area contributed by atoms with E-state index in [4.69, 9.17) is 32.7 Å². The van der Waals surface area contributed by atoms with Crippen LogP contribution in [0.4, 0.5) is 0 Å². The van der Waals surface area contributed by atoms with Gasteiger partial charge in [0.15, 0.2) is 0 Å². The van der Waals surface area contributed by atoms with E-state index in [1.165, 1.54) is 13.8 Å². The molecular formula is C26H23BrCl2N2O4. The van der Waals surface area contributed by atoms with Gasteiger partial charge < -0.3 is 9.47 Å². The van der Waals surface area contributed by atoms with E-state index in [0.29, 0.717) is 10.0 Å². The molecule has 0 aliphatic carbocycles. The third-order valence-electron chi connectivity index (χ3n) is 4.88. The highest BCUT2D eigenvalue weighted by Crippen LogP contribution is 2.25. The summed E-state index contributed by atoms with van der Waals surface area (Å²) in [6.45, 7) is 5.23. The Bertz CT molecular complexity index is 1390. The molecule has 0 spiro atoms. The van der Waals surface area contributed by atoms with Crippen LogP contribution in [0.2, 0.25) is 10.0 Å². The number of hydrogen-bond acceptors (Lipinski definition) is 6. The Hall–Kier alpha value is -2.74. The van der Waals surface area contributed by atoms with E-state index < -0.39 is 0 Å². The monoisotopic (exact) mass is 576 g/mol. The quantitative estimate of drug-likeness (QED) is 0.186. The van der Waals surface area contributed by atoms with Gasteiger partial charge in [-0.25, -0.2) is 0 Å². The lowest BCUT2D eigenvalue weighted by Gasteiger charge is -2.08. The number of hydrogen-bond donors (Lipinski definition) is 0. The molecule has 0 radical (unpaired) electrons. The Morgan fingerprint density at radius 3 is 1.77 bits per heavy atom. The van der Waals surface area contributed by atoms with E-state index in [0.717, 1.165) is 49.4 Å². The fourth-order valence-electron chi connectivity index (χ4n) is 3.49. The first-order valence-electron chi connectivity index (χ1n) is 10.6. The lowest BCUT2D eigenvalue weighted by atomic mass is 10.1. The first-order chi connectivity index (χ1) is 16.7. The molecule has 0 aliphatic rings. The van der Waals surface area contributed by atoms with Crippen LogP contribution in [0, 0.1) is 6.92 Å². The van der Waals surface area contributed by atoms with Gasteiger partial charge in [0, 0.05) is 53.5 Å². The van der Waals surface area contributed by atoms with Crippen molar-refractivity contribution >= 4 is 72.9 Å². The summed E-state index contributed by atoms with van der Waals surface area (Å²) in [5, 5.41) is 3.82. The molecule has 35 heavy (non-hydrogen) atoms. The minimum absolute atomic E-state index is 0.224. The van der Waals surface area contributed by atoms with Crippen molar-refractivity contribution in [2.24, 2.45) is 0 Å². The van der Waals surface area contributed by atoms with Crippen molar-refractivity contribution in [1.29, 1.82) is 0 Å². The van der Waals surface area contributed by atoms with Crippen molar-refractivity contribution in [3.8, 4) is 0 Å². The summed E-state index contributed by atoms with van der Waals surface area (Å²) < 4.78 is 10.0. The maximum absolute atomic E-state index is 10.9. The van der Waals surface area contributed by atoms with Crippen LogP contribution in [-0.2, 0) is 37.6 Å². The molecule has 0 amide bonds. The number of aromatic nitrogens is 2. The standard InChI is InChI=1S/C13H11BrClNO2.C13H12ClNO2/c1-8(17)18-7-11-3-9(5-14)2-10-4-12(15)6-16-13(10)11;1-8-3-10-5-12(14)6-15-13(10)11(4-8)7-17-9(2)16/h2-4,6H,5,7H2,1H3;3-6H,7H2,1-2H3. The van der Waals surface area contributed by atoms with Gasteiger partial charge in [-0.1, -0.05) is 45.2 Å². The van der Waals surface area contributed by atoms with Crippen LogP contribution >= 0.6 is 39.1 Å².